The van der Waals surface area contributed by atoms with Gasteiger partial charge in [0.05, 0.1) is 31.0 Å². The van der Waals surface area contributed by atoms with Crippen LogP contribution in [0.25, 0.3) is 0 Å². The molecule has 2 spiro atoms. The Morgan fingerprint density at radius 1 is 0.782 bits per heavy atom. The number of ether oxygens (including phenoxy) is 4. The molecule has 7 rings (SSSR count). The highest BCUT2D eigenvalue weighted by atomic mass is 16.8. The maximum Gasteiger partial charge on any atom is 0.187 e. The molecule has 0 radical (unpaired) electrons. The van der Waals surface area contributed by atoms with Gasteiger partial charge in [-0.25, -0.2) is 0 Å². The lowest BCUT2D eigenvalue weighted by Crippen LogP contribution is -2.65. The van der Waals surface area contributed by atoms with Crippen LogP contribution in [0.2, 0.25) is 0 Å². The largest absolute Gasteiger partial charge is 0.394 e. The van der Waals surface area contributed by atoms with Gasteiger partial charge in [-0.1, -0.05) is 48.5 Å². The Bertz CT molecular complexity index is 1430. The van der Waals surface area contributed by atoms with Gasteiger partial charge in [0.2, 0.25) is 0 Å². The molecule has 55 heavy (non-hydrogen) atoms. The summed E-state index contributed by atoms with van der Waals surface area (Å²) < 4.78 is 24.5. The first kappa shape index (κ1) is 42.3. The Balaban J connectivity index is 1.11. The fraction of sp³-hybridized carbons (Fsp3) is 0.976. The van der Waals surface area contributed by atoms with Crippen molar-refractivity contribution in [3.63, 3.8) is 0 Å². The number of fused-ring (bicyclic) bond motifs is 2. The van der Waals surface area contributed by atoms with Crippen LogP contribution in [0, 0.1) is 56.7 Å². The van der Waals surface area contributed by atoms with E-state index in [0.717, 1.165) is 32.1 Å². The zero-order valence-electron chi connectivity index (χ0n) is 34.1. The number of Topliss-reactive ketones (excluding diaryl/α,β-unsaturated/α-hetero) is 1. The van der Waals surface area contributed by atoms with Gasteiger partial charge in [0.25, 0.3) is 0 Å². The maximum absolute atomic E-state index is 12.6. The van der Waals surface area contributed by atoms with Crippen molar-refractivity contribution in [2.75, 3.05) is 6.61 Å². The predicted molar refractivity (Wildman–Crippen MR) is 198 cm³/mol. The number of rotatable bonds is 10. The number of hydrogen-bond acceptors (Lipinski definition) is 13. The van der Waals surface area contributed by atoms with Crippen molar-refractivity contribution in [2.45, 2.75) is 193 Å². The second-order valence-electron chi connectivity index (χ2n) is 20.5. The summed E-state index contributed by atoms with van der Waals surface area (Å²) in [4.78, 5) is 12.6. The topological polar surface area (TPSA) is 216 Å². The van der Waals surface area contributed by atoms with Gasteiger partial charge in [-0.3, -0.25) is 4.79 Å². The predicted octanol–water partition coefficient (Wildman–Crippen LogP) is 2.05. The van der Waals surface area contributed by atoms with E-state index in [9.17, 15) is 45.6 Å². The molecule has 0 bridgehead atoms. The number of carbonyl (C=O) groups is 1. The van der Waals surface area contributed by atoms with E-state index >= 15 is 0 Å². The Morgan fingerprint density at radius 2 is 1.45 bits per heavy atom. The third-order valence-corrected chi connectivity index (χ3v) is 17.4. The van der Waals surface area contributed by atoms with Crippen molar-refractivity contribution >= 4 is 5.78 Å². The Morgan fingerprint density at radius 3 is 2.11 bits per heavy atom. The molecule has 0 aromatic rings. The summed E-state index contributed by atoms with van der Waals surface area (Å²) in [7, 11) is 0. The standard InChI is InChI=1S/C42H70O13/c1-19(2)22(44)10-9-20(3)29-23(45)15-39(7)26-12-11-25-38(5,6)28(13-14-41(25)18-42(26,41)27(46)16-40(29,39)8)54-37-35(33(50)31(48)24(17-43)53-37)55-36-34(51)32(49)30(47)21(4)52-36/h19-21,23-37,43,45-51H,9-18H2,1-8H3/t20?,21-,23+,24-,25?,26?,27?,28+,29?,30-,31-,32-,33-,34-,35-,36+,37+,39?,40-,41-,42+/m1/s1. The third-order valence-electron chi connectivity index (χ3n) is 17.4. The van der Waals surface area contributed by atoms with Crippen molar-refractivity contribution in [3.8, 4) is 0 Å². The Hall–Kier alpha value is -0.810. The normalized spacial score (nSPS) is 54.9. The van der Waals surface area contributed by atoms with Crippen molar-refractivity contribution in [3.05, 3.63) is 0 Å². The molecule has 13 nitrogen and oxygen atoms in total. The van der Waals surface area contributed by atoms with Crippen LogP contribution in [0.4, 0.5) is 0 Å². The minimum Gasteiger partial charge on any atom is -0.394 e. The molecule has 7 fully saturated rings. The van der Waals surface area contributed by atoms with E-state index in [-0.39, 0.29) is 57.0 Å². The summed E-state index contributed by atoms with van der Waals surface area (Å²) in [5.41, 5.74) is -1.27. The van der Waals surface area contributed by atoms with E-state index in [1.54, 1.807) is 0 Å². The van der Waals surface area contributed by atoms with Gasteiger partial charge in [-0.2, -0.15) is 0 Å². The molecule has 8 N–H and O–H groups in total. The number of hydrogen-bond donors (Lipinski definition) is 8. The van der Waals surface area contributed by atoms with Crippen LogP contribution < -0.4 is 0 Å². The summed E-state index contributed by atoms with van der Waals surface area (Å²) in [6.45, 7) is 16.0. The van der Waals surface area contributed by atoms with Crippen molar-refractivity contribution in [1.29, 1.82) is 0 Å². The van der Waals surface area contributed by atoms with Crippen LogP contribution in [0.3, 0.4) is 0 Å². The molecule has 13 heteroatoms. The molecule has 2 saturated heterocycles. The molecule has 7 aliphatic rings. The van der Waals surface area contributed by atoms with E-state index in [1.165, 1.54) is 6.92 Å². The van der Waals surface area contributed by atoms with Gasteiger partial charge in [0, 0.05) is 17.8 Å². The second-order valence-corrected chi connectivity index (χ2v) is 20.5. The van der Waals surface area contributed by atoms with E-state index in [4.69, 9.17) is 18.9 Å². The zero-order chi connectivity index (χ0) is 40.4. The Kier molecular flexibility index (Phi) is 11.1. The minimum atomic E-state index is -1.65. The summed E-state index contributed by atoms with van der Waals surface area (Å²) in [5, 5.41) is 87.8. The van der Waals surface area contributed by atoms with Crippen molar-refractivity contribution < 1.29 is 64.6 Å². The van der Waals surface area contributed by atoms with E-state index in [1.807, 2.05) is 13.8 Å². The molecule has 316 valence electrons. The van der Waals surface area contributed by atoms with E-state index in [0.29, 0.717) is 25.7 Å². The first-order valence-corrected chi connectivity index (χ1v) is 21.1. The van der Waals surface area contributed by atoms with Crippen LogP contribution in [-0.2, 0) is 23.7 Å². The Labute approximate surface area is 326 Å². The van der Waals surface area contributed by atoms with Gasteiger partial charge in [-0.05, 0) is 104 Å². The number of aliphatic hydroxyl groups excluding tert-OH is 8. The maximum atomic E-state index is 12.6. The highest BCUT2D eigenvalue weighted by molar-refractivity contribution is 5.80. The SMILES string of the molecule is CC(C)C(=O)CCC(C)C1[C@@H](O)CC2(C)C3CCC4C(C)(C)[C@@H](O[C@@H]5O[C@H](CO)[C@@H](O)[C@@H](O)[C@H]5O[C@@H]5O[C@H](C)[C@@H](O)[C@@H](O)[C@H]5O)CC[C@@]45C[C@@]35C(O)C[C@]12C. The molecule has 2 aliphatic heterocycles. The minimum absolute atomic E-state index is 0.00333. The first-order chi connectivity index (χ1) is 25.6. The zero-order valence-corrected chi connectivity index (χ0v) is 34.1. The monoisotopic (exact) mass is 782 g/mol. The molecule has 6 unspecified atom stereocenters. The number of carbonyl (C=O) groups excluding carboxylic acids is 1. The molecule has 5 saturated carbocycles. The lowest BCUT2D eigenvalue weighted by molar-refractivity contribution is -0.375. The average Bonchev–Trinajstić information content (AvgIpc) is 3.76. The molecule has 5 aliphatic carbocycles. The smallest absolute Gasteiger partial charge is 0.187 e. The molecular weight excluding hydrogens is 712 g/mol. The quantitative estimate of drug-likeness (QED) is 0.149. The summed E-state index contributed by atoms with van der Waals surface area (Å²) in [6.07, 6.45) is -8.54. The van der Waals surface area contributed by atoms with Gasteiger partial charge in [0.15, 0.2) is 12.6 Å². The first-order valence-electron chi connectivity index (χ1n) is 21.1. The molecule has 21 atom stereocenters. The fourth-order valence-corrected chi connectivity index (χ4v) is 14.3. The van der Waals surface area contributed by atoms with Crippen LogP contribution in [0.15, 0.2) is 0 Å². The number of ketones is 1. The van der Waals surface area contributed by atoms with E-state index < -0.39 is 91.7 Å². The third kappa shape index (κ3) is 6.10. The van der Waals surface area contributed by atoms with Crippen molar-refractivity contribution in [2.24, 2.45) is 56.7 Å². The van der Waals surface area contributed by atoms with Crippen LogP contribution in [0.1, 0.15) is 113 Å². The molecule has 0 amide bonds. The van der Waals surface area contributed by atoms with E-state index in [2.05, 4.69) is 34.6 Å². The molecule has 0 aromatic carbocycles. The fourth-order valence-electron chi connectivity index (χ4n) is 14.3. The molecule has 2 heterocycles. The number of aliphatic hydroxyl groups is 8. The van der Waals surface area contributed by atoms with Gasteiger partial charge in [-0.15, -0.1) is 0 Å². The lowest BCUT2D eigenvalue weighted by Gasteiger charge is -2.64. The van der Waals surface area contributed by atoms with Crippen LogP contribution >= 0.6 is 0 Å². The summed E-state index contributed by atoms with van der Waals surface area (Å²) in [6, 6.07) is 0. The van der Waals surface area contributed by atoms with Gasteiger partial charge in [0.1, 0.15) is 48.5 Å². The molecule has 0 aromatic heterocycles. The summed E-state index contributed by atoms with van der Waals surface area (Å²) >= 11 is 0. The average molecular weight is 783 g/mol. The van der Waals surface area contributed by atoms with Gasteiger partial charge < -0.3 is 59.8 Å². The second kappa shape index (κ2) is 14.4. The highest BCUT2D eigenvalue weighted by Crippen LogP contribution is 2.89. The van der Waals surface area contributed by atoms with Crippen LogP contribution in [-0.4, -0.2) is 133 Å². The van der Waals surface area contributed by atoms with Crippen molar-refractivity contribution in [1.82, 2.24) is 0 Å². The highest BCUT2D eigenvalue weighted by Gasteiger charge is 2.85. The van der Waals surface area contributed by atoms with Crippen LogP contribution in [0.5, 0.6) is 0 Å². The summed E-state index contributed by atoms with van der Waals surface area (Å²) in [5.74, 6) is 0.815. The van der Waals surface area contributed by atoms with Gasteiger partial charge >= 0.3 is 0 Å². The molecular formula is C42H70O13. The lowest BCUT2D eigenvalue weighted by atomic mass is 9.41.